The highest BCUT2D eigenvalue weighted by Crippen LogP contribution is 2.35. The average molecular weight is 272 g/mol. The van der Waals surface area contributed by atoms with Crippen molar-refractivity contribution in [2.24, 2.45) is 0 Å². The second kappa shape index (κ2) is 4.62. The van der Waals surface area contributed by atoms with Crippen LogP contribution in [0.2, 0.25) is 0 Å². The Hall–Kier alpha value is -1.84. The van der Waals surface area contributed by atoms with Crippen LogP contribution in [0.5, 0.6) is 0 Å². The van der Waals surface area contributed by atoms with Crippen LogP contribution >= 0.6 is 0 Å². The lowest BCUT2D eigenvalue weighted by atomic mass is 9.92. The lowest BCUT2D eigenvalue weighted by Crippen LogP contribution is -2.65. The van der Waals surface area contributed by atoms with E-state index in [-0.39, 0.29) is 18.4 Å². The summed E-state index contributed by atoms with van der Waals surface area (Å²) < 4.78 is 0. The Labute approximate surface area is 119 Å². The zero-order valence-corrected chi connectivity index (χ0v) is 12.0. The van der Waals surface area contributed by atoms with Crippen molar-refractivity contribution >= 4 is 17.5 Å². The van der Waals surface area contributed by atoms with Gasteiger partial charge in [0.15, 0.2) is 0 Å². The van der Waals surface area contributed by atoms with Gasteiger partial charge in [0.2, 0.25) is 5.91 Å². The Morgan fingerprint density at radius 3 is 2.45 bits per heavy atom. The minimum absolute atomic E-state index is 0.0512. The molecule has 20 heavy (non-hydrogen) atoms. The molecule has 106 valence electrons. The van der Waals surface area contributed by atoms with Gasteiger partial charge in [-0.3, -0.25) is 9.59 Å². The van der Waals surface area contributed by atoms with Crippen LogP contribution < -0.4 is 10.2 Å². The maximum atomic E-state index is 12.8. The summed E-state index contributed by atoms with van der Waals surface area (Å²) in [6.07, 6.45) is 3.54. The van der Waals surface area contributed by atoms with Gasteiger partial charge in [-0.15, -0.1) is 0 Å². The molecule has 1 aromatic carbocycles. The molecule has 1 aliphatic heterocycles. The molecule has 1 heterocycles. The van der Waals surface area contributed by atoms with Crippen molar-refractivity contribution in [3.05, 3.63) is 29.3 Å². The fourth-order valence-electron chi connectivity index (χ4n) is 3.25. The van der Waals surface area contributed by atoms with Crippen LogP contribution in [0.4, 0.5) is 5.69 Å². The smallest absolute Gasteiger partial charge is 0.253 e. The number of rotatable bonds is 1. The summed E-state index contributed by atoms with van der Waals surface area (Å²) >= 11 is 0. The molecule has 1 N–H and O–H groups in total. The van der Waals surface area contributed by atoms with E-state index in [1.165, 1.54) is 5.56 Å². The van der Waals surface area contributed by atoms with E-state index in [0.717, 1.165) is 36.9 Å². The maximum absolute atomic E-state index is 12.8. The first-order chi connectivity index (χ1) is 9.52. The standard InChI is InChI=1S/C16H20N2O2/c1-11-5-6-13(9-12(11)2)18-10-14(19)17-16(15(18)20)7-3-4-8-16/h5-6,9H,3-4,7-8,10H2,1-2H3,(H,17,19). The van der Waals surface area contributed by atoms with Crippen molar-refractivity contribution in [2.75, 3.05) is 11.4 Å². The maximum Gasteiger partial charge on any atom is 0.253 e. The number of aryl methyl sites for hydroxylation is 2. The third kappa shape index (κ3) is 1.99. The second-order valence-electron chi connectivity index (χ2n) is 6.00. The summed E-state index contributed by atoms with van der Waals surface area (Å²) in [5.74, 6) is 0.00239. The van der Waals surface area contributed by atoms with E-state index in [2.05, 4.69) is 5.32 Å². The molecule has 0 bridgehead atoms. The first kappa shape index (κ1) is 13.2. The molecule has 2 fully saturated rings. The lowest BCUT2D eigenvalue weighted by molar-refractivity contribution is -0.135. The second-order valence-corrected chi connectivity index (χ2v) is 6.00. The molecule has 2 amide bonds. The summed E-state index contributed by atoms with van der Waals surface area (Å²) in [5.41, 5.74) is 2.52. The number of benzene rings is 1. The molecule has 0 aromatic heterocycles. The van der Waals surface area contributed by atoms with Gasteiger partial charge in [0.05, 0.1) is 0 Å². The number of carbonyl (C=O) groups is 2. The third-order valence-electron chi connectivity index (χ3n) is 4.59. The van der Waals surface area contributed by atoms with Crippen LogP contribution in [-0.2, 0) is 9.59 Å². The zero-order valence-electron chi connectivity index (χ0n) is 12.0. The number of carbonyl (C=O) groups excluding carboxylic acids is 2. The molecular weight excluding hydrogens is 252 g/mol. The number of hydrogen-bond acceptors (Lipinski definition) is 2. The van der Waals surface area contributed by atoms with E-state index < -0.39 is 5.54 Å². The first-order valence-electron chi connectivity index (χ1n) is 7.22. The van der Waals surface area contributed by atoms with Crippen molar-refractivity contribution < 1.29 is 9.59 Å². The van der Waals surface area contributed by atoms with Crippen molar-refractivity contribution in [2.45, 2.75) is 45.1 Å². The van der Waals surface area contributed by atoms with Gasteiger partial charge >= 0.3 is 0 Å². The van der Waals surface area contributed by atoms with E-state index in [4.69, 9.17) is 0 Å². The largest absolute Gasteiger partial charge is 0.340 e. The Morgan fingerprint density at radius 1 is 1.10 bits per heavy atom. The third-order valence-corrected chi connectivity index (χ3v) is 4.59. The first-order valence-corrected chi connectivity index (χ1v) is 7.22. The minimum Gasteiger partial charge on any atom is -0.340 e. The SMILES string of the molecule is Cc1ccc(N2CC(=O)NC3(CCCC3)C2=O)cc1C. The predicted molar refractivity (Wildman–Crippen MR) is 77.6 cm³/mol. The average Bonchev–Trinajstić information content (AvgIpc) is 2.86. The summed E-state index contributed by atoms with van der Waals surface area (Å²) in [7, 11) is 0. The fourth-order valence-corrected chi connectivity index (χ4v) is 3.25. The van der Waals surface area contributed by atoms with E-state index in [9.17, 15) is 9.59 Å². The fraction of sp³-hybridized carbons (Fsp3) is 0.500. The summed E-state index contributed by atoms with van der Waals surface area (Å²) in [6.45, 7) is 4.20. The van der Waals surface area contributed by atoms with E-state index in [1.54, 1.807) is 4.90 Å². The van der Waals surface area contributed by atoms with Gasteiger partial charge in [-0.1, -0.05) is 18.9 Å². The Kier molecular flexibility index (Phi) is 3.04. The van der Waals surface area contributed by atoms with Crippen molar-refractivity contribution in [1.82, 2.24) is 5.32 Å². The molecule has 1 saturated heterocycles. The van der Waals surface area contributed by atoms with Crippen LogP contribution in [0.1, 0.15) is 36.8 Å². The number of nitrogens with one attached hydrogen (secondary N) is 1. The summed E-state index contributed by atoms with van der Waals surface area (Å²) in [4.78, 5) is 26.5. The number of piperazine rings is 1. The molecule has 1 spiro atoms. The van der Waals surface area contributed by atoms with Gasteiger partial charge in [0, 0.05) is 5.69 Å². The Morgan fingerprint density at radius 2 is 1.80 bits per heavy atom. The number of amides is 2. The minimum atomic E-state index is -0.645. The zero-order chi connectivity index (χ0) is 14.3. The highest BCUT2D eigenvalue weighted by molar-refractivity contribution is 6.09. The summed E-state index contributed by atoms with van der Waals surface area (Å²) in [5, 5.41) is 2.94. The van der Waals surface area contributed by atoms with Gasteiger partial charge < -0.3 is 10.2 Å². The monoisotopic (exact) mass is 272 g/mol. The van der Waals surface area contributed by atoms with E-state index in [1.807, 2.05) is 32.0 Å². The normalized spacial score (nSPS) is 21.4. The quantitative estimate of drug-likeness (QED) is 0.851. The van der Waals surface area contributed by atoms with Crippen molar-refractivity contribution in [3.8, 4) is 0 Å². The van der Waals surface area contributed by atoms with Crippen LogP contribution in [0.15, 0.2) is 18.2 Å². The molecule has 0 atom stereocenters. The molecular formula is C16H20N2O2. The molecule has 1 aromatic rings. The van der Waals surface area contributed by atoms with Gasteiger partial charge in [0.25, 0.3) is 5.91 Å². The Balaban J connectivity index is 1.97. The number of hydrogen-bond donors (Lipinski definition) is 1. The summed E-state index contributed by atoms with van der Waals surface area (Å²) in [6, 6.07) is 5.93. The molecule has 3 rings (SSSR count). The van der Waals surface area contributed by atoms with Crippen LogP contribution in [0, 0.1) is 13.8 Å². The van der Waals surface area contributed by atoms with Crippen molar-refractivity contribution in [3.63, 3.8) is 0 Å². The van der Waals surface area contributed by atoms with Crippen LogP contribution in [-0.4, -0.2) is 23.9 Å². The highest BCUT2D eigenvalue weighted by Gasteiger charge is 2.48. The van der Waals surface area contributed by atoms with Crippen molar-refractivity contribution in [1.29, 1.82) is 0 Å². The predicted octanol–water partition coefficient (Wildman–Crippen LogP) is 2.08. The van der Waals surface area contributed by atoms with Gasteiger partial charge in [0.1, 0.15) is 12.1 Å². The molecule has 0 unspecified atom stereocenters. The van der Waals surface area contributed by atoms with Crippen LogP contribution in [0.25, 0.3) is 0 Å². The topological polar surface area (TPSA) is 49.4 Å². The molecule has 1 aliphatic carbocycles. The van der Waals surface area contributed by atoms with Gasteiger partial charge in [-0.25, -0.2) is 0 Å². The molecule has 4 heteroatoms. The highest BCUT2D eigenvalue weighted by atomic mass is 16.2. The molecule has 4 nitrogen and oxygen atoms in total. The van der Waals surface area contributed by atoms with E-state index in [0.29, 0.717) is 0 Å². The molecule has 2 aliphatic rings. The molecule has 0 radical (unpaired) electrons. The number of nitrogens with zero attached hydrogens (tertiary/aromatic N) is 1. The van der Waals surface area contributed by atoms with Gasteiger partial charge in [-0.05, 0) is 49.9 Å². The molecule has 1 saturated carbocycles. The lowest BCUT2D eigenvalue weighted by Gasteiger charge is -2.39. The van der Waals surface area contributed by atoms with Gasteiger partial charge in [-0.2, -0.15) is 0 Å². The number of anilines is 1. The van der Waals surface area contributed by atoms with Crippen LogP contribution in [0.3, 0.4) is 0 Å². The Bertz CT molecular complexity index is 574. The van der Waals surface area contributed by atoms with E-state index >= 15 is 0 Å².